The SMILES string of the molecule is CC(CC(=O)O)C1CCCN(C(=O)Cn2cnnn2)C1. The Kier molecular flexibility index (Phi) is 4.65. The number of carbonyl (C=O) groups excluding carboxylic acids is 1. The lowest BCUT2D eigenvalue weighted by Gasteiger charge is -2.35. The van der Waals surface area contributed by atoms with Crippen LogP contribution in [0.3, 0.4) is 0 Å². The van der Waals surface area contributed by atoms with Crippen molar-refractivity contribution >= 4 is 11.9 Å². The number of piperidine rings is 1. The van der Waals surface area contributed by atoms with Gasteiger partial charge in [0.2, 0.25) is 5.91 Å². The molecule has 110 valence electrons. The molecule has 20 heavy (non-hydrogen) atoms. The maximum Gasteiger partial charge on any atom is 0.303 e. The molecule has 8 heteroatoms. The van der Waals surface area contributed by atoms with Gasteiger partial charge < -0.3 is 10.0 Å². The minimum atomic E-state index is -0.783. The summed E-state index contributed by atoms with van der Waals surface area (Å²) in [4.78, 5) is 24.7. The number of aliphatic carboxylic acids is 1. The summed E-state index contributed by atoms with van der Waals surface area (Å²) in [5, 5.41) is 19.5. The van der Waals surface area contributed by atoms with Gasteiger partial charge in [-0.3, -0.25) is 9.59 Å². The largest absolute Gasteiger partial charge is 0.481 e. The molecular formula is C12H19N5O3. The second-order valence-electron chi connectivity index (χ2n) is 5.32. The van der Waals surface area contributed by atoms with E-state index in [1.807, 2.05) is 6.92 Å². The monoisotopic (exact) mass is 281 g/mol. The van der Waals surface area contributed by atoms with Crippen molar-refractivity contribution in [1.29, 1.82) is 0 Å². The molecule has 2 heterocycles. The number of likely N-dealkylation sites (tertiary alicyclic amines) is 1. The van der Waals surface area contributed by atoms with Crippen LogP contribution in [0.4, 0.5) is 0 Å². The van der Waals surface area contributed by atoms with Crippen molar-refractivity contribution in [3.05, 3.63) is 6.33 Å². The quantitative estimate of drug-likeness (QED) is 0.816. The number of hydrogen-bond donors (Lipinski definition) is 1. The van der Waals surface area contributed by atoms with Gasteiger partial charge in [-0.1, -0.05) is 6.92 Å². The summed E-state index contributed by atoms with van der Waals surface area (Å²) in [6.07, 6.45) is 3.45. The molecule has 8 nitrogen and oxygen atoms in total. The molecule has 1 fully saturated rings. The van der Waals surface area contributed by atoms with Crippen molar-refractivity contribution in [2.75, 3.05) is 13.1 Å². The number of aromatic nitrogens is 4. The molecule has 1 saturated heterocycles. The van der Waals surface area contributed by atoms with Crippen molar-refractivity contribution in [2.45, 2.75) is 32.7 Å². The lowest BCUT2D eigenvalue weighted by atomic mass is 9.84. The average molecular weight is 281 g/mol. The van der Waals surface area contributed by atoms with E-state index in [0.29, 0.717) is 6.54 Å². The first-order valence-corrected chi connectivity index (χ1v) is 6.76. The van der Waals surface area contributed by atoms with Crippen LogP contribution >= 0.6 is 0 Å². The second kappa shape index (κ2) is 6.44. The number of carboxylic acids is 1. The van der Waals surface area contributed by atoms with E-state index in [2.05, 4.69) is 15.5 Å². The van der Waals surface area contributed by atoms with Crippen LogP contribution in [0.25, 0.3) is 0 Å². The van der Waals surface area contributed by atoms with Crippen LogP contribution in [0.1, 0.15) is 26.2 Å². The lowest BCUT2D eigenvalue weighted by molar-refractivity contribution is -0.138. The second-order valence-corrected chi connectivity index (χ2v) is 5.32. The molecule has 1 aromatic rings. The number of hydrogen-bond acceptors (Lipinski definition) is 5. The van der Waals surface area contributed by atoms with Crippen molar-refractivity contribution in [3.8, 4) is 0 Å². The number of tetrazole rings is 1. The smallest absolute Gasteiger partial charge is 0.303 e. The van der Waals surface area contributed by atoms with Crippen molar-refractivity contribution in [3.63, 3.8) is 0 Å². The Bertz CT molecular complexity index is 462. The molecule has 2 unspecified atom stereocenters. The number of carbonyl (C=O) groups is 2. The number of amides is 1. The van der Waals surface area contributed by atoms with E-state index in [1.165, 1.54) is 11.0 Å². The Hall–Kier alpha value is -1.99. The normalized spacial score (nSPS) is 20.6. The van der Waals surface area contributed by atoms with Gasteiger partial charge in [0.1, 0.15) is 12.9 Å². The molecule has 0 saturated carbocycles. The van der Waals surface area contributed by atoms with Gasteiger partial charge >= 0.3 is 5.97 Å². The standard InChI is InChI=1S/C12H19N5O3/c1-9(5-12(19)20)10-3-2-4-16(6-10)11(18)7-17-8-13-14-15-17/h8-10H,2-7H2,1H3,(H,19,20). The third-order valence-corrected chi connectivity index (χ3v) is 3.80. The molecule has 0 aromatic carbocycles. The predicted octanol–water partition coefficient (Wildman–Crippen LogP) is 0.0225. The van der Waals surface area contributed by atoms with Gasteiger partial charge in [-0.05, 0) is 35.1 Å². The van der Waals surface area contributed by atoms with E-state index in [4.69, 9.17) is 5.11 Å². The first-order valence-electron chi connectivity index (χ1n) is 6.76. The Balaban J connectivity index is 1.89. The summed E-state index contributed by atoms with van der Waals surface area (Å²) >= 11 is 0. The Morgan fingerprint density at radius 1 is 1.50 bits per heavy atom. The Morgan fingerprint density at radius 2 is 2.30 bits per heavy atom. The molecular weight excluding hydrogens is 262 g/mol. The summed E-state index contributed by atoms with van der Waals surface area (Å²) in [6.45, 7) is 3.41. The van der Waals surface area contributed by atoms with Crippen molar-refractivity contribution < 1.29 is 14.7 Å². The van der Waals surface area contributed by atoms with Gasteiger partial charge in [-0.2, -0.15) is 0 Å². The van der Waals surface area contributed by atoms with Crippen LogP contribution in [0.5, 0.6) is 0 Å². The molecule has 1 aliphatic rings. The average Bonchev–Trinajstić information content (AvgIpc) is 2.91. The van der Waals surface area contributed by atoms with Crippen molar-refractivity contribution in [2.24, 2.45) is 11.8 Å². The first-order chi connectivity index (χ1) is 9.56. The zero-order valence-corrected chi connectivity index (χ0v) is 11.5. The Morgan fingerprint density at radius 3 is 2.95 bits per heavy atom. The van der Waals surface area contributed by atoms with Gasteiger partial charge in [0.25, 0.3) is 0 Å². The molecule has 2 rings (SSSR count). The summed E-state index contributed by atoms with van der Waals surface area (Å²) in [5.41, 5.74) is 0. The first kappa shape index (κ1) is 14.4. The highest BCUT2D eigenvalue weighted by atomic mass is 16.4. The molecule has 1 N–H and O–H groups in total. The lowest BCUT2D eigenvalue weighted by Crippen LogP contribution is -2.43. The van der Waals surface area contributed by atoms with Crippen LogP contribution in [-0.4, -0.2) is 55.2 Å². The van der Waals surface area contributed by atoms with Gasteiger partial charge in [-0.25, -0.2) is 4.68 Å². The molecule has 0 radical (unpaired) electrons. The van der Waals surface area contributed by atoms with E-state index in [0.717, 1.165) is 19.4 Å². The van der Waals surface area contributed by atoms with Crippen molar-refractivity contribution in [1.82, 2.24) is 25.1 Å². The van der Waals surface area contributed by atoms with Gasteiger partial charge in [0, 0.05) is 19.5 Å². The number of nitrogens with zero attached hydrogens (tertiary/aromatic N) is 5. The van der Waals surface area contributed by atoms with Crippen LogP contribution in [-0.2, 0) is 16.1 Å². The van der Waals surface area contributed by atoms with Gasteiger partial charge in [0.15, 0.2) is 0 Å². The fourth-order valence-electron chi connectivity index (χ4n) is 2.63. The summed E-state index contributed by atoms with van der Waals surface area (Å²) in [5.74, 6) is -0.479. The number of rotatable bonds is 5. The van der Waals surface area contributed by atoms with E-state index >= 15 is 0 Å². The maximum atomic E-state index is 12.1. The summed E-state index contributed by atoms with van der Waals surface area (Å²) < 4.78 is 1.40. The molecule has 0 spiro atoms. The Labute approximate surface area is 116 Å². The highest BCUT2D eigenvalue weighted by Gasteiger charge is 2.28. The molecule has 0 aliphatic carbocycles. The zero-order chi connectivity index (χ0) is 14.5. The highest BCUT2D eigenvalue weighted by Crippen LogP contribution is 2.26. The molecule has 0 bridgehead atoms. The topological polar surface area (TPSA) is 101 Å². The van der Waals surface area contributed by atoms with E-state index in [-0.39, 0.29) is 30.7 Å². The fraction of sp³-hybridized carbons (Fsp3) is 0.750. The predicted molar refractivity (Wildman–Crippen MR) is 68.5 cm³/mol. The maximum absolute atomic E-state index is 12.1. The van der Waals surface area contributed by atoms with Crippen LogP contribution < -0.4 is 0 Å². The summed E-state index contributed by atoms with van der Waals surface area (Å²) in [7, 11) is 0. The third-order valence-electron chi connectivity index (χ3n) is 3.80. The summed E-state index contributed by atoms with van der Waals surface area (Å²) in [6, 6.07) is 0. The van der Waals surface area contributed by atoms with E-state index in [1.54, 1.807) is 4.90 Å². The number of carboxylic acid groups (broad SMARTS) is 1. The fourth-order valence-corrected chi connectivity index (χ4v) is 2.63. The molecule has 2 atom stereocenters. The van der Waals surface area contributed by atoms with Crippen LogP contribution in [0.15, 0.2) is 6.33 Å². The zero-order valence-electron chi connectivity index (χ0n) is 11.5. The minimum Gasteiger partial charge on any atom is -0.481 e. The molecule has 1 aliphatic heterocycles. The van der Waals surface area contributed by atoms with E-state index < -0.39 is 5.97 Å². The van der Waals surface area contributed by atoms with Gasteiger partial charge in [0.05, 0.1) is 0 Å². The van der Waals surface area contributed by atoms with Crippen LogP contribution in [0, 0.1) is 11.8 Å². The van der Waals surface area contributed by atoms with Crippen LogP contribution in [0.2, 0.25) is 0 Å². The molecule has 1 aromatic heterocycles. The van der Waals surface area contributed by atoms with E-state index in [9.17, 15) is 9.59 Å². The third kappa shape index (κ3) is 3.75. The highest BCUT2D eigenvalue weighted by molar-refractivity contribution is 5.76. The van der Waals surface area contributed by atoms with Gasteiger partial charge in [-0.15, -0.1) is 5.10 Å². The molecule has 1 amide bonds. The minimum absolute atomic E-state index is 0.0236.